The Labute approximate surface area is 139 Å². The van der Waals surface area contributed by atoms with E-state index >= 15 is 0 Å². The number of nitrogens with zero attached hydrogens (tertiary/aromatic N) is 2. The molecule has 1 saturated heterocycles. The third-order valence-corrected chi connectivity index (χ3v) is 5.58. The summed E-state index contributed by atoms with van der Waals surface area (Å²) in [7, 11) is -3.17. The Morgan fingerprint density at radius 1 is 1.09 bits per heavy atom. The number of hydrogen-bond acceptors (Lipinski definition) is 3. The molecule has 0 aromatic heterocycles. The topological polar surface area (TPSA) is 57.7 Å². The van der Waals surface area contributed by atoms with Gasteiger partial charge in [0.05, 0.1) is 12.7 Å². The lowest BCUT2D eigenvalue weighted by molar-refractivity contribution is -0.130. The van der Waals surface area contributed by atoms with E-state index in [1.165, 1.54) is 16.1 Å². The molecule has 0 saturated carbocycles. The van der Waals surface area contributed by atoms with Crippen molar-refractivity contribution in [1.82, 2.24) is 9.21 Å². The Morgan fingerprint density at radius 2 is 1.74 bits per heavy atom. The maximum atomic E-state index is 12.5. The number of carbonyl (C=O) groups excluding carboxylic acids is 1. The van der Waals surface area contributed by atoms with Crippen LogP contribution in [0.5, 0.6) is 0 Å². The molecule has 1 aromatic carbocycles. The molecule has 0 aliphatic carbocycles. The standard InChI is InChI=1S/C17H26N2O3S/c1-14(2)16-7-5-15(6-8-16)13-17(20)18-9-4-10-19(12-11-18)23(3,21)22/h5-8,14H,4,9-13H2,1-3H3. The van der Waals surface area contributed by atoms with E-state index in [1.807, 2.05) is 12.1 Å². The van der Waals surface area contributed by atoms with E-state index in [9.17, 15) is 13.2 Å². The molecular weight excluding hydrogens is 312 g/mol. The van der Waals surface area contributed by atoms with Crippen LogP contribution in [0.15, 0.2) is 24.3 Å². The SMILES string of the molecule is CC(C)c1ccc(CC(=O)N2CCCN(S(C)(=O)=O)CC2)cc1. The van der Waals surface area contributed by atoms with Gasteiger partial charge in [0.2, 0.25) is 15.9 Å². The van der Waals surface area contributed by atoms with Gasteiger partial charge in [-0.15, -0.1) is 0 Å². The fraction of sp³-hybridized carbons (Fsp3) is 0.588. The lowest BCUT2D eigenvalue weighted by Gasteiger charge is -2.21. The van der Waals surface area contributed by atoms with Crippen molar-refractivity contribution in [3.05, 3.63) is 35.4 Å². The molecule has 0 unspecified atom stereocenters. The highest BCUT2D eigenvalue weighted by Gasteiger charge is 2.23. The molecule has 6 heteroatoms. The summed E-state index contributed by atoms with van der Waals surface area (Å²) in [6.07, 6.45) is 2.28. The largest absolute Gasteiger partial charge is 0.341 e. The quantitative estimate of drug-likeness (QED) is 0.842. The predicted molar refractivity (Wildman–Crippen MR) is 91.8 cm³/mol. The normalized spacial score (nSPS) is 17.3. The fourth-order valence-electron chi connectivity index (χ4n) is 2.78. The lowest BCUT2D eigenvalue weighted by Crippen LogP contribution is -2.37. The Morgan fingerprint density at radius 3 is 2.30 bits per heavy atom. The molecule has 1 fully saturated rings. The van der Waals surface area contributed by atoms with Gasteiger partial charge in [-0.25, -0.2) is 12.7 Å². The molecule has 2 rings (SSSR count). The summed E-state index contributed by atoms with van der Waals surface area (Å²) in [6.45, 7) is 6.25. The van der Waals surface area contributed by atoms with E-state index in [4.69, 9.17) is 0 Å². The smallest absolute Gasteiger partial charge is 0.227 e. The van der Waals surface area contributed by atoms with E-state index in [2.05, 4.69) is 26.0 Å². The Hall–Kier alpha value is -1.40. The minimum atomic E-state index is -3.17. The lowest BCUT2D eigenvalue weighted by atomic mass is 10.0. The first-order valence-corrected chi connectivity index (χ1v) is 9.94. The molecule has 5 nitrogen and oxygen atoms in total. The van der Waals surface area contributed by atoms with E-state index in [1.54, 1.807) is 4.90 Å². The van der Waals surface area contributed by atoms with Gasteiger partial charge in [-0.2, -0.15) is 0 Å². The van der Waals surface area contributed by atoms with Gasteiger partial charge in [-0.1, -0.05) is 38.1 Å². The van der Waals surface area contributed by atoms with Crippen molar-refractivity contribution in [3.63, 3.8) is 0 Å². The number of hydrogen-bond donors (Lipinski definition) is 0. The second-order valence-electron chi connectivity index (χ2n) is 6.47. The molecule has 23 heavy (non-hydrogen) atoms. The van der Waals surface area contributed by atoms with E-state index in [0.29, 0.717) is 44.9 Å². The Balaban J connectivity index is 1.95. The van der Waals surface area contributed by atoms with Crippen molar-refractivity contribution < 1.29 is 13.2 Å². The van der Waals surface area contributed by atoms with Crippen LogP contribution in [0, 0.1) is 0 Å². The zero-order chi connectivity index (χ0) is 17.0. The van der Waals surface area contributed by atoms with Gasteiger partial charge in [-0.05, 0) is 23.5 Å². The summed E-state index contributed by atoms with van der Waals surface area (Å²) in [4.78, 5) is 14.2. The predicted octanol–water partition coefficient (Wildman–Crippen LogP) is 1.85. The van der Waals surface area contributed by atoms with E-state index in [-0.39, 0.29) is 5.91 Å². The van der Waals surface area contributed by atoms with Gasteiger partial charge in [-0.3, -0.25) is 4.79 Å². The molecule has 0 atom stereocenters. The number of sulfonamides is 1. The van der Waals surface area contributed by atoms with Crippen molar-refractivity contribution in [1.29, 1.82) is 0 Å². The molecule has 1 aromatic rings. The van der Waals surface area contributed by atoms with Crippen molar-refractivity contribution in [2.45, 2.75) is 32.6 Å². The van der Waals surface area contributed by atoms with Crippen LogP contribution >= 0.6 is 0 Å². The maximum absolute atomic E-state index is 12.5. The summed E-state index contributed by atoms with van der Waals surface area (Å²) < 4.78 is 24.7. The zero-order valence-electron chi connectivity index (χ0n) is 14.2. The monoisotopic (exact) mass is 338 g/mol. The molecule has 0 spiro atoms. The highest BCUT2D eigenvalue weighted by atomic mass is 32.2. The average Bonchev–Trinajstić information content (AvgIpc) is 2.73. The minimum absolute atomic E-state index is 0.0673. The summed E-state index contributed by atoms with van der Waals surface area (Å²) in [5.41, 5.74) is 2.27. The van der Waals surface area contributed by atoms with Gasteiger partial charge in [0.15, 0.2) is 0 Å². The van der Waals surface area contributed by atoms with Crippen LogP contribution in [0.1, 0.15) is 37.3 Å². The second kappa shape index (κ2) is 7.45. The van der Waals surface area contributed by atoms with Crippen LogP contribution < -0.4 is 0 Å². The molecular formula is C17H26N2O3S. The van der Waals surface area contributed by atoms with Crippen molar-refractivity contribution in [3.8, 4) is 0 Å². The van der Waals surface area contributed by atoms with Crippen molar-refractivity contribution in [2.24, 2.45) is 0 Å². The molecule has 1 aliphatic rings. The number of amides is 1. The third-order valence-electron chi connectivity index (χ3n) is 4.28. The van der Waals surface area contributed by atoms with Gasteiger partial charge in [0.25, 0.3) is 0 Å². The number of carbonyl (C=O) groups is 1. The number of rotatable bonds is 4. The summed E-state index contributed by atoms with van der Waals surface area (Å²) in [5, 5.41) is 0. The molecule has 128 valence electrons. The summed E-state index contributed by atoms with van der Waals surface area (Å²) in [6, 6.07) is 8.16. The first-order chi connectivity index (χ1) is 10.8. The van der Waals surface area contributed by atoms with Crippen molar-refractivity contribution >= 4 is 15.9 Å². The van der Waals surface area contributed by atoms with Gasteiger partial charge < -0.3 is 4.90 Å². The summed E-state index contributed by atoms with van der Waals surface area (Å²) in [5.74, 6) is 0.546. The second-order valence-corrected chi connectivity index (χ2v) is 8.45. The van der Waals surface area contributed by atoms with Gasteiger partial charge >= 0.3 is 0 Å². The van der Waals surface area contributed by atoms with E-state index in [0.717, 1.165) is 5.56 Å². The Bertz CT molecular complexity index is 638. The first kappa shape index (κ1) is 17.9. The van der Waals surface area contributed by atoms with Crippen LogP contribution in [0.4, 0.5) is 0 Å². The third kappa shape index (κ3) is 5.04. The highest BCUT2D eigenvalue weighted by molar-refractivity contribution is 7.88. The highest BCUT2D eigenvalue weighted by Crippen LogP contribution is 2.16. The Kier molecular flexibility index (Phi) is 5.81. The van der Waals surface area contributed by atoms with Crippen LogP contribution in [0.2, 0.25) is 0 Å². The van der Waals surface area contributed by atoms with Crippen LogP contribution in [0.25, 0.3) is 0 Å². The molecule has 0 N–H and O–H groups in total. The van der Waals surface area contributed by atoms with Crippen LogP contribution in [-0.4, -0.2) is 56.0 Å². The molecule has 1 amide bonds. The van der Waals surface area contributed by atoms with Crippen molar-refractivity contribution in [2.75, 3.05) is 32.4 Å². The van der Waals surface area contributed by atoms with Gasteiger partial charge in [0.1, 0.15) is 0 Å². The molecule has 1 heterocycles. The molecule has 0 radical (unpaired) electrons. The van der Waals surface area contributed by atoms with Gasteiger partial charge in [0, 0.05) is 26.2 Å². The fourth-order valence-corrected chi connectivity index (χ4v) is 3.66. The summed E-state index contributed by atoms with van der Waals surface area (Å²) >= 11 is 0. The van der Waals surface area contributed by atoms with Crippen LogP contribution in [-0.2, 0) is 21.2 Å². The maximum Gasteiger partial charge on any atom is 0.227 e. The number of benzene rings is 1. The zero-order valence-corrected chi connectivity index (χ0v) is 15.0. The average molecular weight is 338 g/mol. The van der Waals surface area contributed by atoms with E-state index < -0.39 is 10.0 Å². The van der Waals surface area contributed by atoms with Crippen LogP contribution in [0.3, 0.4) is 0 Å². The first-order valence-electron chi connectivity index (χ1n) is 8.09. The molecule has 0 bridgehead atoms. The molecule has 1 aliphatic heterocycles. The minimum Gasteiger partial charge on any atom is -0.341 e.